The maximum absolute atomic E-state index is 10.2. The van der Waals surface area contributed by atoms with Crippen molar-refractivity contribution >= 4 is 22.2 Å². The number of carbonyl (C=O) groups is 1. The summed E-state index contributed by atoms with van der Waals surface area (Å²) in [5, 5.41) is 0. The van der Waals surface area contributed by atoms with Gasteiger partial charge in [0.1, 0.15) is 6.29 Å². The normalized spacial score (nSPS) is 13.0. The number of hydrogen-bond donors (Lipinski definition) is 0. The zero-order valence-electron chi connectivity index (χ0n) is 5.80. The number of halogens is 1. The summed E-state index contributed by atoms with van der Waals surface area (Å²) < 4.78 is 0.884. The van der Waals surface area contributed by atoms with Crippen molar-refractivity contribution in [1.82, 2.24) is 0 Å². The molecule has 0 aromatic heterocycles. The Bertz CT molecular complexity index is 179. The van der Waals surface area contributed by atoms with Crippen molar-refractivity contribution < 1.29 is 4.79 Å². The molecule has 0 aliphatic carbocycles. The molecule has 0 aliphatic rings. The van der Waals surface area contributed by atoms with Crippen LogP contribution in [-0.4, -0.2) is 6.29 Å². The molecular formula is C8H9BrO. The fourth-order valence-corrected chi connectivity index (χ4v) is 0.648. The Labute approximate surface area is 69.3 Å². The summed E-state index contributed by atoms with van der Waals surface area (Å²) in [5.74, 6) is 0. The third-order valence-electron chi connectivity index (χ3n) is 0.952. The standard InChI is InChI=1S/C8H9BrO/c1-3-7(6-10)5-8(9)4-2/h3-6H,1H2,2H3/b7-5+,8-4+. The van der Waals surface area contributed by atoms with Gasteiger partial charge in [-0.15, -0.1) is 0 Å². The second kappa shape index (κ2) is 5.18. The van der Waals surface area contributed by atoms with Gasteiger partial charge in [0.15, 0.2) is 0 Å². The lowest BCUT2D eigenvalue weighted by Crippen LogP contribution is -1.76. The van der Waals surface area contributed by atoms with E-state index < -0.39 is 0 Å². The van der Waals surface area contributed by atoms with Crippen LogP contribution in [-0.2, 0) is 4.79 Å². The van der Waals surface area contributed by atoms with E-state index in [-0.39, 0.29) is 0 Å². The van der Waals surface area contributed by atoms with E-state index in [1.165, 1.54) is 6.08 Å². The molecule has 10 heavy (non-hydrogen) atoms. The molecule has 54 valence electrons. The van der Waals surface area contributed by atoms with Gasteiger partial charge in [-0.3, -0.25) is 4.79 Å². The highest BCUT2D eigenvalue weighted by Gasteiger charge is 1.87. The smallest absolute Gasteiger partial charge is 0.150 e. The van der Waals surface area contributed by atoms with Gasteiger partial charge in [0, 0.05) is 10.1 Å². The highest BCUT2D eigenvalue weighted by molar-refractivity contribution is 9.11. The van der Waals surface area contributed by atoms with Gasteiger partial charge < -0.3 is 0 Å². The largest absolute Gasteiger partial charge is 0.298 e. The summed E-state index contributed by atoms with van der Waals surface area (Å²) in [6, 6.07) is 0. The summed E-state index contributed by atoms with van der Waals surface area (Å²) in [5.41, 5.74) is 0.574. The molecule has 0 saturated heterocycles. The van der Waals surface area contributed by atoms with Crippen LogP contribution in [0, 0.1) is 0 Å². The quantitative estimate of drug-likeness (QED) is 0.389. The topological polar surface area (TPSA) is 17.1 Å². The minimum Gasteiger partial charge on any atom is -0.298 e. The van der Waals surface area contributed by atoms with Crippen LogP contribution in [0.3, 0.4) is 0 Å². The third-order valence-corrected chi connectivity index (χ3v) is 1.64. The molecular weight excluding hydrogens is 192 g/mol. The molecule has 0 rings (SSSR count). The highest BCUT2D eigenvalue weighted by Crippen LogP contribution is 2.08. The van der Waals surface area contributed by atoms with Gasteiger partial charge in [0.25, 0.3) is 0 Å². The molecule has 0 heterocycles. The number of aldehydes is 1. The van der Waals surface area contributed by atoms with Crippen LogP contribution in [0.25, 0.3) is 0 Å². The fraction of sp³-hybridized carbons (Fsp3) is 0.125. The first-order chi connectivity index (χ1) is 4.74. The Morgan fingerprint density at radius 2 is 2.20 bits per heavy atom. The average Bonchev–Trinajstić information content (AvgIpc) is 1.99. The summed E-state index contributed by atoms with van der Waals surface area (Å²) >= 11 is 3.24. The molecule has 0 radical (unpaired) electrons. The van der Waals surface area contributed by atoms with Crippen molar-refractivity contribution in [3.8, 4) is 0 Å². The Morgan fingerprint density at radius 1 is 1.60 bits per heavy atom. The molecule has 0 saturated carbocycles. The molecule has 2 heteroatoms. The van der Waals surface area contributed by atoms with E-state index in [4.69, 9.17) is 0 Å². The van der Waals surface area contributed by atoms with Crippen molar-refractivity contribution in [2.24, 2.45) is 0 Å². The average molecular weight is 201 g/mol. The first kappa shape index (κ1) is 9.37. The van der Waals surface area contributed by atoms with E-state index in [2.05, 4.69) is 22.5 Å². The second-order valence-electron chi connectivity index (χ2n) is 1.64. The molecule has 0 N–H and O–H groups in total. The van der Waals surface area contributed by atoms with Gasteiger partial charge in [-0.05, 0) is 13.0 Å². The third kappa shape index (κ3) is 3.41. The van der Waals surface area contributed by atoms with Gasteiger partial charge in [-0.25, -0.2) is 0 Å². The monoisotopic (exact) mass is 200 g/mol. The van der Waals surface area contributed by atoms with E-state index in [1.807, 2.05) is 13.0 Å². The summed E-state index contributed by atoms with van der Waals surface area (Å²) in [6.45, 7) is 5.35. The zero-order chi connectivity index (χ0) is 7.98. The van der Waals surface area contributed by atoms with E-state index in [0.29, 0.717) is 5.57 Å². The molecule has 0 amide bonds. The maximum atomic E-state index is 10.2. The Hall–Kier alpha value is -0.630. The molecule has 0 fully saturated rings. The van der Waals surface area contributed by atoms with Crippen LogP contribution < -0.4 is 0 Å². The minimum absolute atomic E-state index is 0.574. The first-order valence-electron chi connectivity index (χ1n) is 2.85. The molecule has 0 aliphatic heterocycles. The van der Waals surface area contributed by atoms with Crippen molar-refractivity contribution in [2.45, 2.75) is 6.92 Å². The first-order valence-corrected chi connectivity index (χ1v) is 3.65. The Balaban J connectivity index is 4.39. The number of carbonyl (C=O) groups excluding carboxylic acids is 1. The van der Waals surface area contributed by atoms with Gasteiger partial charge in [-0.1, -0.05) is 34.7 Å². The van der Waals surface area contributed by atoms with Crippen molar-refractivity contribution in [1.29, 1.82) is 0 Å². The predicted molar refractivity (Wildman–Crippen MR) is 47.0 cm³/mol. The molecule has 0 aromatic rings. The Kier molecular flexibility index (Phi) is 4.85. The van der Waals surface area contributed by atoms with Crippen molar-refractivity contribution in [2.75, 3.05) is 0 Å². The van der Waals surface area contributed by atoms with Crippen LogP contribution in [0.2, 0.25) is 0 Å². The van der Waals surface area contributed by atoms with E-state index in [0.717, 1.165) is 10.8 Å². The summed E-state index contributed by atoms with van der Waals surface area (Å²) in [6.07, 6.45) is 5.84. The highest BCUT2D eigenvalue weighted by atomic mass is 79.9. The second-order valence-corrected chi connectivity index (χ2v) is 2.56. The minimum atomic E-state index is 0.574. The molecule has 0 atom stereocenters. The number of allylic oxidation sites excluding steroid dienone is 5. The van der Waals surface area contributed by atoms with Crippen molar-refractivity contribution in [3.63, 3.8) is 0 Å². The van der Waals surface area contributed by atoms with Gasteiger partial charge >= 0.3 is 0 Å². The summed E-state index contributed by atoms with van der Waals surface area (Å²) in [4.78, 5) is 10.2. The molecule has 0 aromatic carbocycles. The van der Waals surface area contributed by atoms with E-state index in [9.17, 15) is 4.79 Å². The summed E-state index contributed by atoms with van der Waals surface area (Å²) in [7, 11) is 0. The maximum Gasteiger partial charge on any atom is 0.150 e. The SMILES string of the molecule is C=C/C(C=O)=C\C(Br)=C/C. The van der Waals surface area contributed by atoms with Crippen LogP contribution in [0.1, 0.15) is 6.92 Å². The lowest BCUT2D eigenvalue weighted by Gasteiger charge is -1.87. The lowest BCUT2D eigenvalue weighted by molar-refractivity contribution is -0.104. The van der Waals surface area contributed by atoms with Gasteiger partial charge in [0.2, 0.25) is 0 Å². The number of rotatable bonds is 3. The molecule has 0 spiro atoms. The van der Waals surface area contributed by atoms with Crippen LogP contribution >= 0.6 is 15.9 Å². The van der Waals surface area contributed by atoms with Gasteiger partial charge in [-0.2, -0.15) is 0 Å². The molecule has 0 bridgehead atoms. The van der Waals surface area contributed by atoms with Crippen LogP contribution in [0.4, 0.5) is 0 Å². The molecule has 1 nitrogen and oxygen atoms in total. The van der Waals surface area contributed by atoms with Gasteiger partial charge in [0.05, 0.1) is 0 Å². The van der Waals surface area contributed by atoms with Crippen LogP contribution in [0.15, 0.2) is 34.9 Å². The number of hydrogen-bond acceptors (Lipinski definition) is 1. The van der Waals surface area contributed by atoms with Crippen LogP contribution in [0.5, 0.6) is 0 Å². The molecule has 0 unspecified atom stereocenters. The zero-order valence-corrected chi connectivity index (χ0v) is 7.39. The Morgan fingerprint density at radius 3 is 2.50 bits per heavy atom. The van der Waals surface area contributed by atoms with E-state index >= 15 is 0 Å². The predicted octanol–water partition coefficient (Wildman–Crippen LogP) is 2.60. The van der Waals surface area contributed by atoms with E-state index in [1.54, 1.807) is 6.08 Å². The lowest BCUT2D eigenvalue weighted by atomic mass is 10.2. The fourth-order valence-electron chi connectivity index (χ4n) is 0.384. The van der Waals surface area contributed by atoms with Crippen molar-refractivity contribution in [3.05, 3.63) is 34.9 Å².